The molecule has 2 unspecified atom stereocenters. The molecular formula is C20H15N6O6+. The third-order valence-corrected chi connectivity index (χ3v) is 5.80. The van der Waals surface area contributed by atoms with Crippen molar-refractivity contribution in [1.29, 1.82) is 0 Å². The van der Waals surface area contributed by atoms with Crippen molar-refractivity contribution in [1.82, 2.24) is 25.6 Å². The van der Waals surface area contributed by atoms with Crippen LogP contribution in [0, 0.1) is 5.41 Å². The SMILES string of the molecule is O=C1NC(=O)C2(C(=O)N1)C(c1c(O)[nH]c(=O)[nH]c1=O)c1cccc[n+]1C2c1ccccn1. The molecule has 2 aliphatic heterocycles. The monoisotopic (exact) mass is 435 g/mol. The Bertz CT molecular complexity index is 1390. The van der Waals surface area contributed by atoms with Crippen LogP contribution in [0.3, 0.4) is 0 Å². The number of carbonyl (C=O) groups is 3. The molecule has 4 amide bonds. The number of aromatic nitrogens is 4. The van der Waals surface area contributed by atoms with Crippen LogP contribution in [0.4, 0.5) is 4.79 Å². The van der Waals surface area contributed by atoms with Crippen LogP contribution in [0.1, 0.15) is 28.9 Å². The maximum Gasteiger partial charge on any atom is 0.328 e. The zero-order valence-electron chi connectivity index (χ0n) is 16.2. The molecule has 0 saturated carbocycles. The summed E-state index contributed by atoms with van der Waals surface area (Å²) in [5, 5.41) is 14.7. The molecule has 5 N–H and O–H groups in total. The van der Waals surface area contributed by atoms with Gasteiger partial charge in [0, 0.05) is 18.3 Å². The van der Waals surface area contributed by atoms with Gasteiger partial charge in [-0.25, -0.2) is 9.59 Å². The van der Waals surface area contributed by atoms with Crippen molar-refractivity contribution >= 4 is 17.8 Å². The van der Waals surface area contributed by atoms with Crippen LogP contribution >= 0.6 is 0 Å². The maximum absolute atomic E-state index is 13.5. The first kappa shape index (κ1) is 19.4. The Labute approximate surface area is 178 Å². The van der Waals surface area contributed by atoms with Gasteiger partial charge in [0.2, 0.25) is 17.3 Å². The fourth-order valence-corrected chi connectivity index (χ4v) is 4.66. The molecule has 12 nitrogen and oxygen atoms in total. The Hall–Kier alpha value is -4.61. The first-order valence-corrected chi connectivity index (χ1v) is 9.49. The number of nitrogens with one attached hydrogen (secondary N) is 4. The van der Waals surface area contributed by atoms with Gasteiger partial charge in [0.15, 0.2) is 11.9 Å². The number of hydrogen-bond acceptors (Lipinski definition) is 7. The second kappa shape index (κ2) is 6.70. The van der Waals surface area contributed by atoms with Crippen LogP contribution < -0.4 is 26.4 Å². The van der Waals surface area contributed by atoms with Crippen molar-refractivity contribution in [2.24, 2.45) is 5.41 Å². The van der Waals surface area contributed by atoms with E-state index < -0.39 is 57.9 Å². The number of rotatable bonds is 2. The van der Waals surface area contributed by atoms with E-state index in [9.17, 15) is 29.1 Å². The molecular weight excluding hydrogens is 420 g/mol. The van der Waals surface area contributed by atoms with Gasteiger partial charge in [-0.2, -0.15) is 4.57 Å². The number of fused-ring (bicyclic) bond motifs is 1. The summed E-state index contributed by atoms with van der Waals surface area (Å²) in [7, 11) is 0. The van der Waals surface area contributed by atoms with Crippen molar-refractivity contribution < 1.29 is 24.1 Å². The molecule has 1 fully saturated rings. The quantitative estimate of drug-likeness (QED) is 0.241. The number of amides is 4. The summed E-state index contributed by atoms with van der Waals surface area (Å²) in [5.41, 5.74) is -3.84. The molecule has 2 atom stereocenters. The molecule has 0 bridgehead atoms. The highest BCUT2D eigenvalue weighted by Gasteiger charge is 2.73. The number of H-pyrrole nitrogens is 2. The van der Waals surface area contributed by atoms with Crippen LogP contribution in [0.5, 0.6) is 5.88 Å². The third kappa shape index (κ3) is 2.46. The summed E-state index contributed by atoms with van der Waals surface area (Å²) in [5.74, 6) is -4.11. The van der Waals surface area contributed by atoms with Crippen molar-refractivity contribution in [3.05, 3.63) is 86.6 Å². The van der Waals surface area contributed by atoms with E-state index in [0.29, 0.717) is 11.4 Å². The standard InChI is InChI=1S/C20H14N6O6/c27-14-11(15(28)23-18(31)22-14)12-10-6-2-4-8-26(10)13(9-5-1-3-7-21-9)20(12)16(29)24-19(32)25-17(20)30/h1-8,12-13H,(H4-,22,23,24,25,27,28,29,30,31,32)/p+1. The highest BCUT2D eigenvalue weighted by Crippen LogP contribution is 2.54. The molecule has 32 heavy (non-hydrogen) atoms. The van der Waals surface area contributed by atoms with E-state index in [2.05, 4.69) is 20.6 Å². The number of hydrogen-bond donors (Lipinski definition) is 5. The zero-order chi connectivity index (χ0) is 22.6. The summed E-state index contributed by atoms with van der Waals surface area (Å²) in [6, 6.07) is 7.71. The number of barbiturate groups is 1. The summed E-state index contributed by atoms with van der Waals surface area (Å²) in [4.78, 5) is 71.7. The van der Waals surface area contributed by atoms with E-state index in [1.54, 1.807) is 47.2 Å². The van der Waals surface area contributed by atoms with Gasteiger partial charge in [0.1, 0.15) is 11.6 Å². The first-order valence-electron chi connectivity index (χ1n) is 9.49. The lowest BCUT2D eigenvalue weighted by Gasteiger charge is -2.34. The van der Waals surface area contributed by atoms with Gasteiger partial charge in [-0.15, -0.1) is 0 Å². The number of aromatic hydroxyl groups is 1. The summed E-state index contributed by atoms with van der Waals surface area (Å²) < 4.78 is 1.59. The molecule has 5 rings (SSSR count). The molecule has 3 aromatic rings. The fraction of sp³-hybridized carbons (Fsp3) is 0.150. The Morgan fingerprint density at radius 3 is 2.31 bits per heavy atom. The highest BCUT2D eigenvalue weighted by atomic mass is 16.3. The molecule has 3 aromatic heterocycles. The molecule has 160 valence electrons. The molecule has 5 heterocycles. The summed E-state index contributed by atoms with van der Waals surface area (Å²) in [6.07, 6.45) is 3.08. The fourth-order valence-electron chi connectivity index (χ4n) is 4.66. The van der Waals surface area contributed by atoms with E-state index in [1.807, 2.05) is 4.98 Å². The van der Waals surface area contributed by atoms with Crippen LogP contribution in [-0.2, 0) is 9.59 Å². The Kier molecular flexibility index (Phi) is 4.05. The minimum absolute atomic E-state index is 0.312. The van der Waals surface area contributed by atoms with E-state index in [1.165, 1.54) is 6.20 Å². The highest BCUT2D eigenvalue weighted by molar-refractivity contribution is 6.20. The van der Waals surface area contributed by atoms with Crippen molar-refractivity contribution in [2.45, 2.75) is 12.0 Å². The smallest absolute Gasteiger partial charge is 0.328 e. The number of aromatic amines is 2. The Balaban J connectivity index is 1.92. The predicted octanol–water partition coefficient (Wildman–Crippen LogP) is -1.46. The number of urea groups is 1. The number of nitrogens with zero attached hydrogens (tertiary/aromatic N) is 2. The topological polar surface area (TPSA) is 178 Å². The van der Waals surface area contributed by atoms with Crippen LogP contribution in [0.2, 0.25) is 0 Å². The van der Waals surface area contributed by atoms with E-state index in [0.717, 1.165) is 0 Å². The van der Waals surface area contributed by atoms with Gasteiger partial charge in [0.25, 0.3) is 17.4 Å². The van der Waals surface area contributed by atoms with Gasteiger partial charge in [-0.1, -0.05) is 12.1 Å². The molecule has 2 aliphatic rings. The van der Waals surface area contributed by atoms with Crippen LogP contribution in [-0.4, -0.2) is 37.9 Å². The average molecular weight is 435 g/mol. The lowest BCUT2D eigenvalue weighted by atomic mass is 9.66. The second-order valence-electron chi connectivity index (χ2n) is 7.40. The number of imide groups is 2. The van der Waals surface area contributed by atoms with Gasteiger partial charge in [0.05, 0.1) is 5.56 Å². The molecule has 0 aliphatic carbocycles. The summed E-state index contributed by atoms with van der Waals surface area (Å²) in [6.45, 7) is 0. The third-order valence-electron chi connectivity index (χ3n) is 5.80. The van der Waals surface area contributed by atoms with Crippen molar-refractivity contribution in [2.75, 3.05) is 0 Å². The zero-order valence-corrected chi connectivity index (χ0v) is 16.2. The largest absolute Gasteiger partial charge is 0.494 e. The Morgan fingerprint density at radius 1 is 0.938 bits per heavy atom. The molecule has 1 spiro atoms. The molecule has 1 saturated heterocycles. The predicted molar refractivity (Wildman–Crippen MR) is 104 cm³/mol. The Morgan fingerprint density at radius 2 is 1.66 bits per heavy atom. The van der Waals surface area contributed by atoms with Gasteiger partial charge >= 0.3 is 11.7 Å². The minimum Gasteiger partial charge on any atom is -0.494 e. The normalized spacial score (nSPS) is 21.2. The van der Waals surface area contributed by atoms with E-state index in [-0.39, 0.29) is 0 Å². The van der Waals surface area contributed by atoms with Crippen LogP contribution in [0.25, 0.3) is 0 Å². The minimum atomic E-state index is -2.13. The van der Waals surface area contributed by atoms with Crippen LogP contribution in [0.15, 0.2) is 58.4 Å². The number of pyridine rings is 2. The summed E-state index contributed by atoms with van der Waals surface area (Å²) >= 11 is 0. The maximum atomic E-state index is 13.5. The van der Waals surface area contributed by atoms with Crippen molar-refractivity contribution in [3.63, 3.8) is 0 Å². The average Bonchev–Trinajstić information content (AvgIpc) is 3.04. The van der Waals surface area contributed by atoms with Gasteiger partial charge in [-0.05, 0) is 12.1 Å². The second-order valence-corrected chi connectivity index (χ2v) is 7.40. The lowest BCUT2D eigenvalue weighted by Crippen LogP contribution is -2.67. The van der Waals surface area contributed by atoms with Gasteiger partial charge < -0.3 is 5.11 Å². The van der Waals surface area contributed by atoms with Gasteiger partial charge in [-0.3, -0.25) is 40.0 Å². The number of carbonyl (C=O) groups excluding carboxylic acids is 3. The lowest BCUT2D eigenvalue weighted by molar-refractivity contribution is -0.713. The molecule has 0 radical (unpaired) electrons. The molecule has 0 aromatic carbocycles. The van der Waals surface area contributed by atoms with Crippen molar-refractivity contribution in [3.8, 4) is 5.88 Å². The van der Waals surface area contributed by atoms with E-state index >= 15 is 0 Å². The first-order chi connectivity index (χ1) is 15.4. The molecule has 12 heteroatoms. The van der Waals surface area contributed by atoms with E-state index in [4.69, 9.17) is 0 Å².